The monoisotopic (exact) mass is 542 g/mol. The smallest absolute Gasteiger partial charge is 0.268 e. The lowest BCUT2D eigenvalue weighted by Crippen LogP contribution is -2.13. The number of carbonyl (C=O) groups is 1. The topological polar surface area (TPSA) is 140 Å². The van der Waals surface area contributed by atoms with Crippen LogP contribution in [0.25, 0.3) is 6.08 Å². The Kier molecular flexibility index (Phi) is 9.21. The van der Waals surface area contributed by atoms with Crippen LogP contribution in [0.2, 0.25) is 0 Å². The number of benzene rings is 2. The molecule has 0 spiro atoms. The van der Waals surface area contributed by atoms with Crippen molar-refractivity contribution in [1.29, 1.82) is 5.26 Å². The molecule has 1 heterocycles. The molecule has 0 aliphatic heterocycles. The number of nitrogens with zero attached hydrogens (tertiary/aromatic N) is 3. The van der Waals surface area contributed by atoms with Crippen LogP contribution in [0.1, 0.15) is 23.6 Å². The lowest BCUT2D eigenvalue weighted by atomic mass is 10.1. The third kappa shape index (κ3) is 7.28. The van der Waals surface area contributed by atoms with E-state index in [-0.39, 0.29) is 27.4 Å². The first kappa shape index (κ1) is 27.6. The van der Waals surface area contributed by atoms with Crippen LogP contribution >= 0.6 is 11.3 Å². The van der Waals surface area contributed by atoms with E-state index in [0.717, 1.165) is 22.6 Å². The van der Waals surface area contributed by atoms with Crippen molar-refractivity contribution < 1.29 is 27.4 Å². The Bertz CT molecular complexity index is 1460. The summed E-state index contributed by atoms with van der Waals surface area (Å²) in [7, 11) is -2.06. The summed E-state index contributed by atoms with van der Waals surface area (Å²) in [6.45, 7) is 6.15. The van der Waals surface area contributed by atoms with Gasteiger partial charge in [-0.1, -0.05) is 30.4 Å². The van der Waals surface area contributed by atoms with Crippen molar-refractivity contribution in [2.24, 2.45) is 0 Å². The van der Waals surface area contributed by atoms with Gasteiger partial charge in [-0.3, -0.25) is 10.1 Å². The Balaban J connectivity index is 1.64. The fourth-order valence-corrected chi connectivity index (χ4v) is 4.98. The van der Waals surface area contributed by atoms with Crippen molar-refractivity contribution in [3.05, 3.63) is 58.7 Å². The number of carbonyl (C=O) groups excluding carboxylic acids is 1. The maximum absolute atomic E-state index is 12.5. The van der Waals surface area contributed by atoms with Crippen LogP contribution in [0, 0.1) is 25.2 Å². The van der Waals surface area contributed by atoms with Crippen molar-refractivity contribution in [2.45, 2.75) is 25.1 Å². The summed E-state index contributed by atoms with van der Waals surface area (Å²) < 4.78 is 40.5. The fourth-order valence-electron chi connectivity index (χ4n) is 3.00. The van der Waals surface area contributed by atoms with Crippen LogP contribution in [-0.2, 0) is 14.6 Å². The highest BCUT2D eigenvalue weighted by Gasteiger charge is 2.20. The highest BCUT2D eigenvalue weighted by atomic mass is 32.2. The Labute approximate surface area is 219 Å². The second-order valence-electron chi connectivity index (χ2n) is 7.75. The van der Waals surface area contributed by atoms with Crippen molar-refractivity contribution >= 4 is 38.3 Å². The molecule has 0 atom stereocenters. The Morgan fingerprint density at radius 1 is 1.08 bits per heavy atom. The number of nitrogens with one attached hydrogen (secondary N) is 1. The van der Waals surface area contributed by atoms with Crippen LogP contribution in [0.3, 0.4) is 0 Å². The van der Waals surface area contributed by atoms with E-state index < -0.39 is 15.7 Å². The second kappa shape index (κ2) is 12.3. The fraction of sp³-hybridized carbons (Fsp3) is 0.280. The molecule has 0 saturated heterocycles. The van der Waals surface area contributed by atoms with Crippen LogP contribution in [0.4, 0.5) is 5.13 Å². The van der Waals surface area contributed by atoms with Crippen molar-refractivity contribution in [3.63, 3.8) is 0 Å². The lowest BCUT2D eigenvalue weighted by Gasteiger charge is -2.13. The number of nitriles is 1. The third-order valence-corrected chi connectivity index (χ3v) is 8.24. The number of rotatable bonds is 11. The van der Waals surface area contributed by atoms with Crippen molar-refractivity contribution in [2.75, 3.05) is 31.4 Å². The van der Waals surface area contributed by atoms with Crippen LogP contribution in [0.5, 0.6) is 17.2 Å². The van der Waals surface area contributed by atoms with E-state index in [2.05, 4.69) is 15.5 Å². The summed E-state index contributed by atoms with van der Waals surface area (Å²) in [5.41, 5.74) is 2.64. The van der Waals surface area contributed by atoms with Crippen LogP contribution < -0.4 is 19.5 Å². The molecular weight excluding hydrogens is 516 g/mol. The van der Waals surface area contributed by atoms with Gasteiger partial charge in [-0.05, 0) is 60.9 Å². The molecule has 10 nitrogen and oxygen atoms in total. The van der Waals surface area contributed by atoms with Gasteiger partial charge in [-0.2, -0.15) is 5.26 Å². The van der Waals surface area contributed by atoms with E-state index >= 15 is 0 Å². The van der Waals surface area contributed by atoms with Gasteiger partial charge in [0.15, 0.2) is 11.5 Å². The molecule has 3 rings (SSSR count). The molecule has 2 aromatic carbocycles. The van der Waals surface area contributed by atoms with Crippen molar-refractivity contribution in [3.8, 4) is 23.3 Å². The second-order valence-corrected chi connectivity index (χ2v) is 11.2. The zero-order valence-corrected chi connectivity index (χ0v) is 22.4. The maximum atomic E-state index is 12.5. The Hall–Kier alpha value is -3.95. The summed E-state index contributed by atoms with van der Waals surface area (Å²) in [5.74, 6) is 0.765. The summed E-state index contributed by atoms with van der Waals surface area (Å²) in [6.07, 6.45) is 1.37. The van der Waals surface area contributed by atoms with Gasteiger partial charge in [0.05, 0.1) is 12.9 Å². The van der Waals surface area contributed by atoms with Gasteiger partial charge in [0.25, 0.3) is 5.91 Å². The molecule has 1 N–H and O–H groups in total. The highest BCUT2D eigenvalue weighted by molar-refractivity contribution is 7.93. The normalized spacial score (nSPS) is 11.5. The number of aryl methyl sites for hydroxylation is 2. The van der Waals surface area contributed by atoms with Gasteiger partial charge in [0.1, 0.15) is 30.6 Å². The number of amides is 1. The van der Waals surface area contributed by atoms with E-state index in [1.165, 1.54) is 25.7 Å². The molecule has 37 heavy (non-hydrogen) atoms. The molecule has 194 valence electrons. The number of anilines is 1. The summed E-state index contributed by atoms with van der Waals surface area (Å²) in [4.78, 5) is 12.5. The van der Waals surface area contributed by atoms with E-state index in [1.54, 1.807) is 18.2 Å². The summed E-state index contributed by atoms with van der Waals surface area (Å²) in [5, 5.41) is 19.1. The zero-order chi connectivity index (χ0) is 27.0. The Morgan fingerprint density at radius 3 is 2.51 bits per heavy atom. The molecule has 0 aliphatic rings. The molecule has 0 fully saturated rings. The first-order valence-electron chi connectivity index (χ1n) is 11.2. The van der Waals surface area contributed by atoms with Gasteiger partial charge >= 0.3 is 0 Å². The minimum absolute atomic E-state index is 0.0254. The highest BCUT2D eigenvalue weighted by Crippen LogP contribution is 2.29. The predicted molar refractivity (Wildman–Crippen MR) is 140 cm³/mol. The standard InChI is InChI=1S/C25H26N4O6S2/c1-5-37(31,32)25-29-28-24(36-25)27-23(30)19(15-26)13-18-7-9-21(22(14-18)33-4)35-11-10-34-20-8-6-16(2)17(3)12-20/h6-9,12-14H,5,10-11H2,1-4H3,(H,27,28,30)/b19-13-. The lowest BCUT2D eigenvalue weighted by molar-refractivity contribution is -0.112. The summed E-state index contributed by atoms with van der Waals surface area (Å²) in [6, 6.07) is 12.7. The first-order valence-corrected chi connectivity index (χ1v) is 13.6. The zero-order valence-electron chi connectivity index (χ0n) is 20.8. The van der Waals surface area contributed by atoms with Gasteiger partial charge in [0, 0.05) is 0 Å². The molecule has 12 heteroatoms. The molecule has 1 amide bonds. The van der Waals surface area contributed by atoms with Crippen LogP contribution in [-0.4, -0.2) is 50.6 Å². The maximum Gasteiger partial charge on any atom is 0.268 e. The summed E-state index contributed by atoms with van der Waals surface area (Å²) >= 11 is 0.719. The van der Waals surface area contributed by atoms with Gasteiger partial charge < -0.3 is 14.2 Å². The molecule has 0 unspecified atom stereocenters. The molecule has 1 aromatic heterocycles. The largest absolute Gasteiger partial charge is 0.493 e. The van der Waals surface area contributed by atoms with Crippen molar-refractivity contribution in [1.82, 2.24) is 10.2 Å². The van der Waals surface area contributed by atoms with Crippen LogP contribution in [0.15, 0.2) is 46.3 Å². The minimum Gasteiger partial charge on any atom is -0.493 e. The van der Waals surface area contributed by atoms with E-state index in [9.17, 15) is 18.5 Å². The molecule has 3 aromatic rings. The Morgan fingerprint density at radius 2 is 1.84 bits per heavy atom. The van der Waals surface area contributed by atoms with Gasteiger partial charge in [0.2, 0.25) is 19.3 Å². The number of hydrogen-bond acceptors (Lipinski definition) is 10. The molecule has 0 bridgehead atoms. The van der Waals surface area contributed by atoms with Gasteiger partial charge in [-0.25, -0.2) is 8.42 Å². The number of methoxy groups -OCH3 is 1. The number of hydrogen-bond donors (Lipinski definition) is 1. The SMILES string of the molecule is CCS(=O)(=O)c1nnc(NC(=O)/C(C#N)=C\c2ccc(OCCOc3ccc(C)c(C)c3)c(OC)c2)s1. The predicted octanol–water partition coefficient (Wildman–Crippen LogP) is 3.96. The molecular formula is C25H26N4O6S2. The molecule has 0 aliphatic carbocycles. The van der Waals surface area contributed by atoms with E-state index in [0.29, 0.717) is 23.7 Å². The van der Waals surface area contributed by atoms with Gasteiger partial charge in [-0.15, -0.1) is 10.2 Å². The quantitative estimate of drug-likeness (QED) is 0.165. The number of ether oxygens (including phenoxy) is 3. The number of sulfone groups is 1. The van der Waals surface area contributed by atoms with E-state index in [1.807, 2.05) is 38.1 Å². The number of aromatic nitrogens is 2. The average molecular weight is 543 g/mol. The minimum atomic E-state index is -3.55. The molecule has 0 saturated carbocycles. The third-order valence-electron chi connectivity index (χ3n) is 5.22. The average Bonchev–Trinajstić information content (AvgIpc) is 3.37. The molecule has 0 radical (unpaired) electrons. The van der Waals surface area contributed by atoms with E-state index in [4.69, 9.17) is 14.2 Å². The first-order chi connectivity index (χ1) is 17.7.